The van der Waals surface area contributed by atoms with E-state index in [9.17, 15) is 4.79 Å². The molecule has 2 heterocycles. The second kappa shape index (κ2) is 6.45. The van der Waals surface area contributed by atoms with Crippen LogP contribution in [0.2, 0.25) is 0 Å². The molecule has 0 aromatic rings. The Hall–Kier alpha value is -2.28. The minimum Gasteiger partial charge on any atom is -0.404 e. The average Bonchev–Trinajstić information content (AvgIpc) is 3.33. The van der Waals surface area contributed by atoms with Gasteiger partial charge in [-0.15, -0.1) is 0 Å². The van der Waals surface area contributed by atoms with E-state index in [2.05, 4.69) is 16.9 Å². The number of amidine groups is 1. The second-order valence-corrected chi connectivity index (χ2v) is 6.03. The Kier molecular flexibility index (Phi) is 4.38. The first-order valence-electron chi connectivity index (χ1n) is 7.95. The molecule has 0 radical (unpaired) electrons. The normalized spacial score (nSPS) is 26.5. The van der Waals surface area contributed by atoms with Gasteiger partial charge in [-0.1, -0.05) is 6.58 Å². The largest absolute Gasteiger partial charge is 0.404 e. The lowest BCUT2D eigenvalue weighted by Gasteiger charge is -2.29. The van der Waals surface area contributed by atoms with E-state index >= 15 is 0 Å². The zero-order valence-electron chi connectivity index (χ0n) is 13.1. The van der Waals surface area contributed by atoms with Crippen molar-refractivity contribution in [3.05, 3.63) is 35.9 Å². The number of rotatable bonds is 4. The standard InChI is InChI=1S/C16H23N5O2/c1-10(19-11-4-6-23-7-5-11)20-16-13(9-17)14(18)8-15(22)21(16)12-2-3-12/h8-9,11-12,19H,1-7,17-18H2/b13-9-,20-16+. The molecule has 1 saturated heterocycles. The topological polar surface area (TPSA) is 106 Å². The van der Waals surface area contributed by atoms with Gasteiger partial charge in [-0.3, -0.25) is 9.69 Å². The maximum Gasteiger partial charge on any atom is 0.254 e. The SMILES string of the molecule is C=C(/N=C1\C(=C/N)C(N)=CC(=O)N1C1CC1)NC1CCOCC1. The molecular weight excluding hydrogens is 294 g/mol. The summed E-state index contributed by atoms with van der Waals surface area (Å²) in [4.78, 5) is 18.5. The minimum atomic E-state index is -0.145. The van der Waals surface area contributed by atoms with Crippen LogP contribution in [0.4, 0.5) is 0 Å². The summed E-state index contributed by atoms with van der Waals surface area (Å²) in [6, 6.07) is 0.462. The molecular formula is C16H23N5O2. The monoisotopic (exact) mass is 317 g/mol. The summed E-state index contributed by atoms with van der Waals surface area (Å²) in [6.07, 6.45) is 6.57. The van der Waals surface area contributed by atoms with Crippen molar-refractivity contribution >= 4 is 11.7 Å². The van der Waals surface area contributed by atoms with Crippen LogP contribution in [0.5, 0.6) is 0 Å². The maximum atomic E-state index is 12.3. The van der Waals surface area contributed by atoms with Gasteiger partial charge in [-0.25, -0.2) is 4.99 Å². The molecule has 7 heteroatoms. The van der Waals surface area contributed by atoms with E-state index in [0.717, 1.165) is 38.9 Å². The molecule has 124 valence electrons. The Morgan fingerprint density at radius 1 is 1.39 bits per heavy atom. The van der Waals surface area contributed by atoms with Crippen LogP contribution < -0.4 is 16.8 Å². The van der Waals surface area contributed by atoms with Crippen LogP contribution in [0, 0.1) is 0 Å². The summed E-state index contributed by atoms with van der Waals surface area (Å²) in [7, 11) is 0. The zero-order valence-corrected chi connectivity index (χ0v) is 13.1. The van der Waals surface area contributed by atoms with E-state index < -0.39 is 0 Å². The molecule has 0 bridgehead atoms. The van der Waals surface area contributed by atoms with Crippen LogP contribution >= 0.6 is 0 Å². The smallest absolute Gasteiger partial charge is 0.254 e. The first kappa shape index (κ1) is 15.6. The zero-order chi connectivity index (χ0) is 16.4. The Labute approximate surface area is 135 Å². The highest BCUT2D eigenvalue weighted by atomic mass is 16.5. The highest BCUT2D eigenvalue weighted by Crippen LogP contribution is 2.32. The van der Waals surface area contributed by atoms with Gasteiger partial charge in [-0.2, -0.15) is 0 Å². The number of carbonyl (C=O) groups excluding carboxylic acids is 1. The molecule has 0 aromatic heterocycles. The number of hydrogen-bond acceptors (Lipinski definition) is 6. The fourth-order valence-corrected chi connectivity index (χ4v) is 2.85. The van der Waals surface area contributed by atoms with Crippen molar-refractivity contribution in [1.82, 2.24) is 10.2 Å². The van der Waals surface area contributed by atoms with Crippen molar-refractivity contribution in [3.8, 4) is 0 Å². The second-order valence-electron chi connectivity index (χ2n) is 6.03. The van der Waals surface area contributed by atoms with Crippen molar-refractivity contribution in [2.75, 3.05) is 13.2 Å². The summed E-state index contributed by atoms with van der Waals surface area (Å²) < 4.78 is 5.34. The first-order chi connectivity index (χ1) is 11.1. The summed E-state index contributed by atoms with van der Waals surface area (Å²) in [5.74, 6) is 0.858. The summed E-state index contributed by atoms with van der Waals surface area (Å²) in [5, 5.41) is 3.29. The van der Waals surface area contributed by atoms with E-state index in [0.29, 0.717) is 22.9 Å². The number of nitrogens with two attached hydrogens (primary N) is 2. The van der Waals surface area contributed by atoms with Crippen molar-refractivity contribution in [1.29, 1.82) is 0 Å². The molecule has 5 N–H and O–H groups in total. The molecule has 23 heavy (non-hydrogen) atoms. The third kappa shape index (κ3) is 3.39. The minimum absolute atomic E-state index is 0.145. The molecule has 7 nitrogen and oxygen atoms in total. The van der Waals surface area contributed by atoms with E-state index in [4.69, 9.17) is 16.2 Å². The van der Waals surface area contributed by atoms with Gasteiger partial charge in [0.15, 0.2) is 0 Å². The highest BCUT2D eigenvalue weighted by molar-refractivity contribution is 6.17. The molecule has 3 aliphatic rings. The fraction of sp³-hybridized carbons (Fsp3) is 0.500. The number of amides is 1. The molecule has 1 amide bonds. The van der Waals surface area contributed by atoms with E-state index in [1.54, 1.807) is 4.90 Å². The van der Waals surface area contributed by atoms with Gasteiger partial charge in [0, 0.05) is 43.3 Å². The predicted octanol–water partition coefficient (Wildman–Crippen LogP) is 0.315. The lowest BCUT2D eigenvalue weighted by atomic mass is 10.1. The van der Waals surface area contributed by atoms with Crippen molar-refractivity contribution in [3.63, 3.8) is 0 Å². The van der Waals surface area contributed by atoms with Crippen LogP contribution in [-0.2, 0) is 9.53 Å². The lowest BCUT2D eigenvalue weighted by molar-refractivity contribution is -0.123. The Balaban J connectivity index is 1.82. The molecule has 1 aliphatic carbocycles. The maximum absolute atomic E-state index is 12.3. The van der Waals surface area contributed by atoms with Crippen molar-refractivity contribution in [2.24, 2.45) is 16.5 Å². The van der Waals surface area contributed by atoms with Crippen molar-refractivity contribution in [2.45, 2.75) is 37.8 Å². The van der Waals surface area contributed by atoms with Gasteiger partial charge in [0.1, 0.15) is 11.7 Å². The molecule has 0 unspecified atom stereocenters. The summed E-state index contributed by atoms with van der Waals surface area (Å²) in [5.41, 5.74) is 12.6. The van der Waals surface area contributed by atoms with Gasteiger partial charge in [0.2, 0.25) is 0 Å². The summed E-state index contributed by atoms with van der Waals surface area (Å²) in [6.45, 7) is 5.44. The number of nitrogens with zero attached hydrogens (tertiary/aromatic N) is 2. The Morgan fingerprint density at radius 2 is 2.09 bits per heavy atom. The lowest BCUT2D eigenvalue weighted by Crippen LogP contribution is -2.44. The number of nitrogens with one attached hydrogen (secondary N) is 1. The first-order valence-corrected chi connectivity index (χ1v) is 7.95. The number of aliphatic imine (C=N–C) groups is 1. The molecule has 0 atom stereocenters. The molecule has 2 fully saturated rings. The highest BCUT2D eigenvalue weighted by Gasteiger charge is 2.39. The fourth-order valence-electron chi connectivity index (χ4n) is 2.85. The molecule has 2 aliphatic heterocycles. The molecule has 3 rings (SSSR count). The third-order valence-corrected chi connectivity index (χ3v) is 4.21. The Morgan fingerprint density at radius 3 is 2.70 bits per heavy atom. The quantitative estimate of drug-likeness (QED) is 0.692. The molecule has 1 saturated carbocycles. The summed E-state index contributed by atoms with van der Waals surface area (Å²) >= 11 is 0. The van der Waals surface area contributed by atoms with Gasteiger partial charge in [-0.05, 0) is 25.7 Å². The van der Waals surface area contributed by atoms with Crippen LogP contribution in [0.15, 0.2) is 40.9 Å². The average molecular weight is 317 g/mol. The van der Waals surface area contributed by atoms with Gasteiger partial charge >= 0.3 is 0 Å². The van der Waals surface area contributed by atoms with Crippen LogP contribution in [-0.4, -0.2) is 41.9 Å². The van der Waals surface area contributed by atoms with E-state index in [-0.39, 0.29) is 18.0 Å². The van der Waals surface area contributed by atoms with Crippen LogP contribution in [0.25, 0.3) is 0 Å². The van der Waals surface area contributed by atoms with E-state index in [1.165, 1.54) is 12.3 Å². The van der Waals surface area contributed by atoms with Crippen LogP contribution in [0.3, 0.4) is 0 Å². The van der Waals surface area contributed by atoms with Crippen molar-refractivity contribution < 1.29 is 9.53 Å². The molecule has 0 spiro atoms. The predicted molar refractivity (Wildman–Crippen MR) is 88.0 cm³/mol. The van der Waals surface area contributed by atoms with E-state index in [1.807, 2.05) is 0 Å². The third-order valence-electron chi connectivity index (χ3n) is 4.21. The van der Waals surface area contributed by atoms with Gasteiger partial charge < -0.3 is 21.5 Å². The van der Waals surface area contributed by atoms with Gasteiger partial charge in [0.25, 0.3) is 5.91 Å². The number of ether oxygens (including phenoxy) is 1. The molecule has 0 aromatic carbocycles. The number of hydrogen-bond donors (Lipinski definition) is 3. The Bertz CT molecular complexity index is 598. The van der Waals surface area contributed by atoms with Gasteiger partial charge in [0.05, 0.1) is 5.57 Å². The van der Waals surface area contributed by atoms with Crippen LogP contribution in [0.1, 0.15) is 25.7 Å². The number of carbonyl (C=O) groups is 1.